The Balaban J connectivity index is 1.95. The highest BCUT2D eigenvalue weighted by atomic mass is 16.3. The van der Waals surface area contributed by atoms with Crippen molar-refractivity contribution in [1.82, 2.24) is 10.2 Å². The van der Waals surface area contributed by atoms with Gasteiger partial charge in [0.25, 0.3) is 5.91 Å². The number of hydrogen-bond acceptors (Lipinski definition) is 9. The number of phenols is 1. The Morgan fingerprint density at radius 2 is 1.84 bits per heavy atom. The van der Waals surface area contributed by atoms with Gasteiger partial charge in [-0.2, -0.15) is 0 Å². The molecule has 1 aromatic rings. The van der Waals surface area contributed by atoms with E-state index in [1.807, 2.05) is 6.92 Å². The van der Waals surface area contributed by atoms with Crippen LogP contribution in [0.4, 0.5) is 0 Å². The van der Waals surface area contributed by atoms with E-state index in [-0.39, 0.29) is 42.2 Å². The molecule has 2 amide bonds. The second kappa shape index (κ2) is 9.00. The van der Waals surface area contributed by atoms with Crippen LogP contribution in [0.25, 0.3) is 5.76 Å². The number of nitrogens with one attached hydrogen (secondary N) is 1. The van der Waals surface area contributed by atoms with Crippen LogP contribution in [0.15, 0.2) is 23.0 Å². The summed E-state index contributed by atoms with van der Waals surface area (Å²) in [5.41, 5.74) is 3.38. The number of fused-ring (bicyclic) bond motifs is 3. The van der Waals surface area contributed by atoms with Crippen LogP contribution < -0.4 is 11.1 Å². The predicted octanol–water partition coefficient (Wildman–Crippen LogP) is 0.163. The summed E-state index contributed by atoms with van der Waals surface area (Å²) in [6.07, 6.45) is 0.797. The number of Topliss-reactive ketones (excluding diaryl/α,β-unsaturated/α-hetero) is 2. The minimum atomic E-state index is -2.68. The lowest BCUT2D eigenvalue weighted by molar-refractivity contribution is -0.153. The number of aromatic hydroxyl groups is 1. The molecule has 11 heteroatoms. The Kier molecular flexibility index (Phi) is 6.41. The molecule has 0 saturated heterocycles. The van der Waals surface area contributed by atoms with Crippen molar-refractivity contribution in [3.8, 4) is 5.75 Å². The molecule has 0 aromatic heterocycles. The summed E-state index contributed by atoms with van der Waals surface area (Å²) in [6.45, 7) is 3.21. The molecule has 198 valence electrons. The number of rotatable bonds is 5. The number of nitrogens with two attached hydrogens (primary N) is 1. The summed E-state index contributed by atoms with van der Waals surface area (Å²) >= 11 is 0. The lowest BCUT2D eigenvalue weighted by Gasteiger charge is -2.50. The monoisotopic (exact) mass is 513 g/mol. The first-order chi connectivity index (χ1) is 17.3. The number of nitrogens with zero attached hydrogens (tertiary/aromatic N) is 1. The third kappa shape index (κ3) is 3.72. The molecule has 4 rings (SSSR count). The molecule has 7 N–H and O–H groups in total. The van der Waals surface area contributed by atoms with Gasteiger partial charge < -0.3 is 31.5 Å². The van der Waals surface area contributed by atoms with Crippen LogP contribution in [0.3, 0.4) is 0 Å². The number of carbonyl (C=O) groups is 4. The SMILES string of the molecule is CCc1cc(CNC(C)=O)c(O)c2c1C[C@@H]1C[C@@H]3C(N(C)C)C(=O)C(C(N)=O)=C(O)[C@@]3(O)C(=O)C1=C2O. The fourth-order valence-electron chi connectivity index (χ4n) is 6.12. The van der Waals surface area contributed by atoms with Gasteiger partial charge in [0.05, 0.1) is 11.6 Å². The Labute approximate surface area is 213 Å². The zero-order valence-corrected chi connectivity index (χ0v) is 21.1. The van der Waals surface area contributed by atoms with Crippen LogP contribution in [0.2, 0.25) is 0 Å². The quantitative estimate of drug-likeness (QED) is 0.298. The Morgan fingerprint density at radius 3 is 2.38 bits per heavy atom. The van der Waals surface area contributed by atoms with Crippen LogP contribution in [0.5, 0.6) is 5.75 Å². The molecule has 0 heterocycles. The number of aryl methyl sites for hydroxylation is 1. The van der Waals surface area contributed by atoms with Crippen LogP contribution >= 0.6 is 0 Å². The Bertz CT molecular complexity index is 1310. The molecule has 0 bridgehead atoms. The molecule has 1 fully saturated rings. The van der Waals surface area contributed by atoms with Gasteiger partial charge in [0.1, 0.15) is 22.8 Å². The molecular formula is C26H31N3O8. The van der Waals surface area contributed by atoms with E-state index >= 15 is 0 Å². The third-order valence-electron chi connectivity index (χ3n) is 7.80. The summed E-state index contributed by atoms with van der Waals surface area (Å²) in [5, 5.41) is 47.5. The first-order valence-electron chi connectivity index (χ1n) is 12.0. The molecule has 0 aliphatic heterocycles. The van der Waals surface area contributed by atoms with Crippen molar-refractivity contribution in [1.29, 1.82) is 0 Å². The lowest BCUT2D eigenvalue weighted by atomic mass is 9.57. The van der Waals surface area contributed by atoms with E-state index in [1.54, 1.807) is 20.2 Å². The van der Waals surface area contributed by atoms with Crippen molar-refractivity contribution in [3.05, 3.63) is 45.2 Å². The van der Waals surface area contributed by atoms with Gasteiger partial charge in [-0.3, -0.25) is 24.1 Å². The number of aliphatic hydroxyl groups excluding tert-OH is 2. The molecule has 11 nitrogen and oxygen atoms in total. The van der Waals surface area contributed by atoms with E-state index in [0.717, 1.165) is 5.56 Å². The lowest BCUT2D eigenvalue weighted by Crippen LogP contribution is -2.65. The number of benzene rings is 1. The molecule has 3 aliphatic carbocycles. The number of phenolic OH excluding ortho intramolecular Hbond substituents is 1. The number of carbonyl (C=O) groups excluding carboxylic acids is 4. The van der Waals surface area contributed by atoms with E-state index < -0.39 is 58.0 Å². The summed E-state index contributed by atoms with van der Waals surface area (Å²) < 4.78 is 0. The first kappa shape index (κ1) is 26.4. The van der Waals surface area contributed by atoms with Crippen molar-refractivity contribution in [2.45, 2.75) is 51.3 Å². The minimum Gasteiger partial charge on any atom is -0.508 e. The van der Waals surface area contributed by atoms with Crippen molar-refractivity contribution in [2.24, 2.45) is 17.6 Å². The Morgan fingerprint density at radius 1 is 1.19 bits per heavy atom. The molecule has 3 aliphatic rings. The van der Waals surface area contributed by atoms with Crippen LogP contribution in [-0.2, 0) is 38.6 Å². The molecule has 0 spiro atoms. The topological polar surface area (TPSA) is 190 Å². The number of primary amides is 1. The maximum atomic E-state index is 13.9. The number of ketones is 2. The average Bonchev–Trinajstić information content (AvgIpc) is 2.80. The fourth-order valence-corrected chi connectivity index (χ4v) is 6.12. The second-order valence-electron chi connectivity index (χ2n) is 10.1. The van der Waals surface area contributed by atoms with E-state index in [9.17, 15) is 39.6 Å². The normalized spacial score (nSPS) is 27.1. The average molecular weight is 514 g/mol. The maximum absolute atomic E-state index is 13.9. The highest BCUT2D eigenvalue weighted by Gasteiger charge is 2.64. The zero-order chi connectivity index (χ0) is 27.6. The van der Waals surface area contributed by atoms with Crippen LogP contribution in [0, 0.1) is 11.8 Å². The fraction of sp³-hybridized carbons (Fsp3) is 0.462. The maximum Gasteiger partial charge on any atom is 0.255 e. The van der Waals surface area contributed by atoms with E-state index in [2.05, 4.69) is 5.32 Å². The van der Waals surface area contributed by atoms with Crippen molar-refractivity contribution < 1.29 is 39.6 Å². The first-order valence-corrected chi connectivity index (χ1v) is 12.0. The largest absolute Gasteiger partial charge is 0.508 e. The van der Waals surface area contributed by atoms with Crippen LogP contribution in [0.1, 0.15) is 42.5 Å². The minimum absolute atomic E-state index is 0.00836. The van der Waals surface area contributed by atoms with Gasteiger partial charge in [-0.1, -0.05) is 13.0 Å². The Hall–Kier alpha value is -3.70. The van der Waals surface area contributed by atoms with E-state index in [4.69, 9.17) is 5.73 Å². The zero-order valence-electron chi connectivity index (χ0n) is 21.1. The standard InChI is InChI=1S/C26H31N3O8/c1-5-11-6-13(9-28-10(2)30)20(31)17-14(11)7-12-8-15-19(29(3)4)22(33)18(25(27)36)24(35)26(15,37)23(34)16(12)21(17)32/h6,12,15,19,31-32,35,37H,5,7-9H2,1-4H3,(H2,27,36)(H,28,30)/t12-,15-,19?,26+/m1/s1. The van der Waals surface area contributed by atoms with E-state index in [0.29, 0.717) is 17.5 Å². The molecular weight excluding hydrogens is 482 g/mol. The van der Waals surface area contributed by atoms with Crippen molar-refractivity contribution in [2.75, 3.05) is 14.1 Å². The van der Waals surface area contributed by atoms with Crippen LogP contribution in [-0.4, -0.2) is 74.4 Å². The number of aliphatic hydroxyl groups is 3. The molecule has 1 unspecified atom stereocenters. The number of likely N-dealkylation sites (N-methyl/N-ethyl adjacent to an activating group) is 1. The summed E-state index contributed by atoms with van der Waals surface area (Å²) in [6, 6.07) is 0.612. The molecule has 4 atom stereocenters. The number of hydrogen-bond donors (Lipinski definition) is 6. The summed E-state index contributed by atoms with van der Waals surface area (Å²) in [7, 11) is 3.11. The van der Waals surface area contributed by atoms with Gasteiger partial charge in [-0.25, -0.2) is 0 Å². The third-order valence-corrected chi connectivity index (χ3v) is 7.80. The highest BCUT2D eigenvalue weighted by molar-refractivity contribution is 6.24. The molecule has 37 heavy (non-hydrogen) atoms. The van der Waals surface area contributed by atoms with Gasteiger partial charge in [-0.05, 0) is 50.4 Å². The van der Waals surface area contributed by atoms with Crippen molar-refractivity contribution >= 4 is 29.1 Å². The second-order valence-corrected chi connectivity index (χ2v) is 10.1. The molecule has 1 saturated carbocycles. The van der Waals surface area contributed by atoms with Gasteiger partial charge in [-0.15, -0.1) is 0 Å². The van der Waals surface area contributed by atoms with E-state index in [1.165, 1.54) is 11.8 Å². The molecule has 0 radical (unpaired) electrons. The number of amides is 2. The summed E-state index contributed by atoms with van der Waals surface area (Å²) in [5.74, 6) is -7.18. The smallest absolute Gasteiger partial charge is 0.255 e. The van der Waals surface area contributed by atoms with Gasteiger partial charge in [0.2, 0.25) is 11.7 Å². The highest BCUT2D eigenvalue weighted by Crippen LogP contribution is 2.53. The molecule has 1 aromatic carbocycles. The van der Waals surface area contributed by atoms with Gasteiger partial charge >= 0.3 is 0 Å². The summed E-state index contributed by atoms with van der Waals surface area (Å²) in [4.78, 5) is 51.9. The van der Waals surface area contributed by atoms with Crippen molar-refractivity contribution in [3.63, 3.8) is 0 Å². The van der Waals surface area contributed by atoms with Gasteiger partial charge in [0, 0.05) is 30.5 Å². The van der Waals surface area contributed by atoms with Gasteiger partial charge in [0.15, 0.2) is 11.4 Å². The predicted molar refractivity (Wildman–Crippen MR) is 131 cm³/mol.